The van der Waals surface area contributed by atoms with Gasteiger partial charge in [-0.15, -0.1) is 0 Å². The highest BCUT2D eigenvalue weighted by Crippen LogP contribution is 2.31. The number of benzene rings is 2. The van der Waals surface area contributed by atoms with E-state index in [2.05, 4.69) is 32.3 Å². The predicted octanol–water partition coefficient (Wildman–Crippen LogP) is 4.08. The number of rotatable bonds is 3. The smallest absolute Gasteiger partial charge is 0.258 e. The number of para-hydroxylation sites is 1. The minimum atomic E-state index is -0.254. The van der Waals surface area contributed by atoms with Gasteiger partial charge in [0.1, 0.15) is 0 Å². The molecule has 0 radical (unpaired) electrons. The van der Waals surface area contributed by atoms with Crippen LogP contribution in [0, 0.1) is 0 Å². The monoisotopic (exact) mass is 350 g/mol. The summed E-state index contributed by atoms with van der Waals surface area (Å²) >= 11 is 5.84. The number of nitrogens with one attached hydrogen (secondary N) is 1. The van der Waals surface area contributed by atoms with E-state index >= 15 is 0 Å². The molecule has 2 aromatic carbocycles. The Hall–Kier alpha value is -2.92. The molecule has 1 aliphatic rings. The van der Waals surface area contributed by atoms with E-state index in [0.29, 0.717) is 22.2 Å². The number of amides is 1. The van der Waals surface area contributed by atoms with Gasteiger partial charge in [-0.25, -0.2) is 9.97 Å². The number of carbonyl (C=O) groups excluding carboxylic acids is 1. The molecule has 1 N–H and O–H groups in total. The fourth-order valence-corrected chi connectivity index (χ4v) is 2.99. The highest BCUT2D eigenvalue weighted by molar-refractivity contribution is 6.30. The zero-order valence-corrected chi connectivity index (χ0v) is 14.1. The fourth-order valence-electron chi connectivity index (χ4n) is 2.86. The van der Waals surface area contributed by atoms with Crippen LogP contribution in [-0.2, 0) is 6.42 Å². The molecule has 0 bridgehead atoms. The van der Waals surface area contributed by atoms with Crippen LogP contribution in [0.1, 0.15) is 15.9 Å². The van der Waals surface area contributed by atoms with Crippen molar-refractivity contribution < 1.29 is 4.79 Å². The van der Waals surface area contributed by atoms with Crippen LogP contribution in [0.15, 0.2) is 60.9 Å². The van der Waals surface area contributed by atoms with Crippen molar-refractivity contribution in [2.24, 2.45) is 0 Å². The Bertz CT molecular complexity index is 909. The van der Waals surface area contributed by atoms with Crippen LogP contribution in [0.3, 0.4) is 0 Å². The first-order valence-corrected chi connectivity index (χ1v) is 8.33. The van der Waals surface area contributed by atoms with Gasteiger partial charge in [0.2, 0.25) is 5.95 Å². The maximum absolute atomic E-state index is 12.3. The Morgan fingerprint density at radius 1 is 1.04 bits per heavy atom. The number of aromatic nitrogens is 2. The van der Waals surface area contributed by atoms with E-state index in [1.54, 1.807) is 36.7 Å². The molecule has 3 aromatic rings. The van der Waals surface area contributed by atoms with Crippen molar-refractivity contribution in [2.45, 2.75) is 6.42 Å². The summed E-state index contributed by atoms with van der Waals surface area (Å²) in [5.74, 6) is 0.351. The molecular weight excluding hydrogens is 336 g/mol. The van der Waals surface area contributed by atoms with Crippen LogP contribution in [0.25, 0.3) is 0 Å². The largest absolute Gasteiger partial charge is 0.322 e. The zero-order chi connectivity index (χ0) is 17.2. The van der Waals surface area contributed by atoms with E-state index in [1.165, 1.54) is 5.56 Å². The molecule has 1 aliphatic heterocycles. The lowest BCUT2D eigenvalue weighted by Crippen LogP contribution is -2.18. The number of hydrogen-bond acceptors (Lipinski definition) is 4. The van der Waals surface area contributed by atoms with Crippen molar-refractivity contribution in [2.75, 3.05) is 16.8 Å². The van der Waals surface area contributed by atoms with E-state index in [0.717, 1.165) is 18.7 Å². The van der Waals surface area contributed by atoms with Gasteiger partial charge in [-0.1, -0.05) is 29.8 Å². The normalized spacial score (nSPS) is 12.8. The topological polar surface area (TPSA) is 58.1 Å². The lowest BCUT2D eigenvalue weighted by atomic mass is 10.2. The van der Waals surface area contributed by atoms with Gasteiger partial charge in [-0.05, 0) is 42.3 Å². The number of halogens is 1. The van der Waals surface area contributed by atoms with Gasteiger partial charge >= 0.3 is 0 Å². The van der Waals surface area contributed by atoms with Gasteiger partial charge in [0.05, 0.1) is 5.56 Å². The summed E-state index contributed by atoms with van der Waals surface area (Å²) in [6.45, 7) is 0.843. The van der Waals surface area contributed by atoms with E-state index in [9.17, 15) is 4.79 Å². The third kappa shape index (κ3) is 3.19. The lowest BCUT2D eigenvalue weighted by Gasteiger charge is -2.16. The quantitative estimate of drug-likeness (QED) is 0.773. The summed E-state index contributed by atoms with van der Waals surface area (Å²) < 4.78 is 0. The van der Waals surface area contributed by atoms with E-state index in [4.69, 9.17) is 11.6 Å². The van der Waals surface area contributed by atoms with Gasteiger partial charge in [-0.2, -0.15) is 0 Å². The Kier molecular flexibility index (Phi) is 4.07. The van der Waals surface area contributed by atoms with Crippen molar-refractivity contribution in [1.82, 2.24) is 9.97 Å². The maximum Gasteiger partial charge on any atom is 0.258 e. The molecule has 0 atom stereocenters. The summed E-state index contributed by atoms with van der Waals surface area (Å²) in [6.07, 6.45) is 4.07. The molecule has 0 fully saturated rings. The molecule has 25 heavy (non-hydrogen) atoms. The molecule has 0 unspecified atom stereocenters. The zero-order valence-electron chi connectivity index (χ0n) is 13.3. The lowest BCUT2D eigenvalue weighted by molar-refractivity contribution is 0.102. The minimum Gasteiger partial charge on any atom is -0.322 e. The summed E-state index contributed by atoms with van der Waals surface area (Å²) in [6, 6.07) is 15.2. The fraction of sp³-hybridized carbons (Fsp3) is 0.105. The van der Waals surface area contributed by atoms with Crippen LogP contribution in [0.4, 0.5) is 17.3 Å². The van der Waals surface area contributed by atoms with Crippen molar-refractivity contribution in [3.63, 3.8) is 0 Å². The number of nitrogens with zero attached hydrogens (tertiary/aromatic N) is 3. The molecule has 1 amide bonds. The minimum absolute atomic E-state index is 0.254. The van der Waals surface area contributed by atoms with Crippen molar-refractivity contribution in [3.8, 4) is 0 Å². The average Bonchev–Trinajstić information content (AvgIpc) is 3.08. The maximum atomic E-state index is 12.3. The van der Waals surface area contributed by atoms with Crippen LogP contribution >= 0.6 is 11.6 Å². The highest BCUT2D eigenvalue weighted by Gasteiger charge is 2.22. The van der Waals surface area contributed by atoms with Gasteiger partial charge < -0.3 is 10.2 Å². The number of anilines is 3. The molecule has 4 rings (SSSR count). The molecule has 124 valence electrons. The van der Waals surface area contributed by atoms with Crippen molar-refractivity contribution in [1.29, 1.82) is 0 Å². The Balaban J connectivity index is 1.50. The Labute approximate surface area is 150 Å². The number of carbonyl (C=O) groups is 1. The van der Waals surface area contributed by atoms with Gasteiger partial charge in [0.25, 0.3) is 5.91 Å². The molecule has 0 aliphatic carbocycles. The average molecular weight is 351 g/mol. The second kappa shape index (κ2) is 6.53. The second-order valence-corrected chi connectivity index (χ2v) is 6.20. The summed E-state index contributed by atoms with van der Waals surface area (Å²) in [7, 11) is 0. The second-order valence-electron chi connectivity index (χ2n) is 5.76. The van der Waals surface area contributed by atoms with E-state index in [-0.39, 0.29) is 5.91 Å². The predicted molar refractivity (Wildman–Crippen MR) is 98.6 cm³/mol. The molecule has 0 spiro atoms. The molecule has 2 heterocycles. The van der Waals surface area contributed by atoms with Crippen molar-refractivity contribution >= 4 is 34.8 Å². The Morgan fingerprint density at radius 2 is 1.76 bits per heavy atom. The first kappa shape index (κ1) is 15.6. The molecular formula is C19H15ClN4O. The number of hydrogen-bond donors (Lipinski definition) is 1. The summed E-state index contributed by atoms with van der Waals surface area (Å²) in [4.78, 5) is 23.1. The van der Waals surface area contributed by atoms with Crippen LogP contribution in [-0.4, -0.2) is 22.4 Å². The molecule has 0 saturated carbocycles. The molecule has 0 saturated heterocycles. The molecule has 6 heteroatoms. The third-order valence-corrected chi connectivity index (χ3v) is 4.38. The van der Waals surface area contributed by atoms with Crippen LogP contribution in [0.2, 0.25) is 5.02 Å². The number of fused-ring (bicyclic) bond motifs is 1. The van der Waals surface area contributed by atoms with Gasteiger partial charge in [0, 0.05) is 35.3 Å². The molecule has 1 aromatic heterocycles. The SMILES string of the molecule is O=C(Nc1ccc(Cl)cc1)c1cnc(N2CCc3ccccc32)nc1. The van der Waals surface area contributed by atoms with E-state index < -0.39 is 0 Å². The third-order valence-electron chi connectivity index (χ3n) is 4.13. The standard InChI is InChI=1S/C19H15ClN4O/c20-15-5-7-16(8-6-15)23-18(25)14-11-21-19(22-12-14)24-10-9-13-3-1-2-4-17(13)24/h1-8,11-12H,9-10H2,(H,23,25). The first-order valence-electron chi connectivity index (χ1n) is 7.95. The molecule has 5 nitrogen and oxygen atoms in total. The van der Waals surface area contributed by atoms with Gasteiger partial charge in [0.15, 0.2) is 0 Å². The Morgan fingerprint density at radius 3 is 2.52 bits per heavy atom. The van der Waals surface area contributed by atoms with Gasteiger partial charge in [-0.3, -0.25) is 4.79 Å². The van der Waals surface area contributed by atoms with Crippen LogP contribution in [0.5, 0.6) is 0 Å². The van der Waals surface area contributed by atoms with Crippen molar-refractivity contribution in [3.05, 3.63) is 77.1 Å². The summed E-state index contributed by atoms with van der Waals surface area (Å²) in [5.41, 5.74) is 3.50. The first-order chi connectivity index (χ1) is 12.2. The van der Waals surface area contributed by atoms with Crippen LogP contribution < -0.4 is 10.2 Å². The summed E-state index contributed by atoms with van der Waals surface area (Å²) in [5, 5.41) is 3.42. The highest BCUT2D eigenvalue weighted by atomic mass is 35.5. The van der Waals surface area contributed by atoms with E-state index in [1.807, 2.05) is 12.1 Å².